The second-order valence-electron chi connectivity index (χ2n) is 7.09. The van der Waals surface area contributed by atoms with Crippen molar-refractivity contribution in [3.05, 3.63) is 84.9 Å². The normalized spacial score (nSPS) is 11.1. The molecule has 34 heavy (non-hydrogen) atoms. The summed E-state index contributed by atoms with van der Waals surface area (Å²) in [6.07, 6.45) is 0. The van der Waals surface area contributed by atoms with Gasteiger partial charge in [-0.2, -0.15) is 0 Å². The zero-order valence-electron chi connectivity index (χ0n) is 18.0. The first-order valence-corrected chi connectivity index (χ1v) is 12.6. The Morgan fingerprint density at radius 1 is 1.15 bits per heavy atom. The van der Waals surface area contributed by atoms with Crippen molar-refractivity contribution in [1.29, 1.82) is 0 Å². The van der Waals surface area contributed by atoms with Gasteiger partial charge in [0.1, 0.15) is 12.3 Å². The van der Waals surface area contributed by atoms with E-state index in [1.807, 2.05) is 0 Å². The maximum Gasteiger partial charge on any atom is 0.273 e. The van der Waals surface area contributed by atoms with Crippen molar-refractivity contribution in [3.63, 3.8) is 0 Å². The van der Waals surface area contributed by atoms with E-state index in [0.717, 1.165) is 13.9 Å². The van der Waals surface area contributed by atoms with Gasteiger partial charge in [-0.15, -0.1) is 0 Å². The maximum absolute atomic E-state index is 13.7. The molecule has 0 saturated heterocycles. The van der Waals surface area contributed by atoms with Crippen molar-refractivity contribution in [3.8, 4) is 5.75 Å². The van der Waals surface area contributed by atoms with Crippen LogP contribution in [0, 0.1) is 20.6 Å². The standard InChI is InChI=1S/C22H19ClIN3O6S/c1-14-3-9-18(12-19(14)27(29)30)34(31,32)26(20-11-15(23)4-10-21(20)33-2)13-22(28)25-17-7-5-16(24)6-8-17/h3-12H,13H2,1-2H3,(H,25,28). The Morgan fingerprint density at radius 2 is 1.82 bits per heavy atom. The van der Waals surface area contributed by atoms with E-state index in [9.17, 15) is 23.3 Å². The third kappa shape index (κ3) is 5.77. The van der Waals surface area contributed by atoms with Crippen LogP contribution in [0.5, 0.6) is 5.75 Å². The minimum absolute atomic E-state index is 0.0102. The highest BCUT2D eigenvalue weighted by atomic mass is 127. The average Bonchev–Trinajstić information content (AvgIpc) is 2.79. The zero-order valence-corrected chi connectivity index (χ0v) is 21.7. The molecule has 3 aromatic carbocycles. The van der Waals surface area contributed by atoms with E-state index < -0.39 is 27.4 Å². The quantitative estimate of drug-likeness (QED) is 0.216. The van der Waals surface area contributed by atoms with Crippen molar-refractivity contribution in [2.24, 2.45) is 0 Å². The Labute approximate surface area is 215 Å². The first-order valence-electron chi connectivity index (χ1n) is 9.69. The molecule has 1 N–H and O–H groups in total. The Kier molecular flexibility index (Phi) is 8.00. The molecule has 0 atom stereocenters. The van der Waals surface area contributed by atoms with E-state index >= 15 is 0 Å². The van der Waals surface area contributed by atoms with Crippen LogP contribution in [0.3, 0.4) is 0 Å². The molecule has 0 bridgehead atoms. The molecular weight excluding hydrogens is 597 g/mol. The zero-order chi connectivity index (χ0) is 25.0. The molecule has 3 aromatic rings. The van der Waals surface area contributed by atoms with Crippen molar-refractivity contribution in [2.45, 2.75) is 11.8 Å². The largest absolute Gasteiger partial charge is 0.495 e. The lowest BCUT2D eigenvalue weighted by atomic mass is 10.2. The fourth-order valence-electron chi connectivity index (χ4n) is 3.10. The number of carbonyl (C=O) groups is 1. The molecule has 0 aliphatic rings. The van der Waals surface area contributed by atoms with Crippen LogP contribution in [0.1, 0.15) is 5.56 Å². The van der Waals surface area contributed by atoms with Gasteiger partial charge in [-0.25, -0.2) is 8.42 Å². The summed E-state index contributed by atoms with van der Waals surface area (Å²) in [6, 6.07) is 14.8. The summed E-state index contributed by atoms with van der Waals surface area (Å²) < 4.78 is 34.4. The van der Waals surface area contributed by atoms with E-state index in [0.29, 0.717) is 11.3 Å². The van der Waals surface area contributed by atoms with Gasteiger partial charge in [0.15, 0.2) is 0 Å². The number of nitrogens with one attached hydrogen (secondary N) is 1. The number of nitro benzene ring substituents is 1. The monoisotopic (exact) mass is 615 g/mol. The van der Waals surface area contributed by atoms with Crippen molar-refractivity contribution < 1.29 is 22.9 Å². The van der Waals surface area contributed by atoms with Gasteiger partial charge in [0.25, 0.3) is 15.7 Å². The number of anilines is 2. The Balaban J connectivity index is 2.09. The number of methoxy groups -OCH3 is 1. The highest BCUT2D eigenvalue weighted by Gasteiger charge is 2.31. The van der Waals surface area contributed by atoms with Crippen LogP contribution in [0.15, 0.2) is 65.6 Å². The van der Waals surface area contributed by atoms with E-state index in [1.54, 1.807) is 24.3 Å². The molecular formula is C22H19ClIN3O6S. The second-order valence-corrected chi connectivity index (χ2v) is 10.6. The predicted octanol–water partition coefficient (Wildman–Crippen LogP) is 5.00. The molecule has 0 unspecified atom stereocenters. The number of hydrogen-bond acceptors (Lipinski definition) is 6. The first kappa shape index (κ1) is 25.7. The van der Waals surface area contributed by atoms with Crippen molar-refractivity contribution in [2.75, 3.05) is 23.3 Å². The minimum atomic E-state index is -4.44. The summed E-state index contributed by atoms with van der Waals surface area (Å²) in [5, 5.41) is 14.3. The van der Waals surface area contributed by atoms with Gasteiger partial charge in [0.05, 0.1) is 22.6 Å². The van der Waals surface area contributed by atoms with Gasteiger partial charge in [0.2, 0.25) is 5.91 Å². The summed E-state index contributed by atoms with van der Waals surface area (Å²) in [7, 11) is -3.09. The van der Waals surface area contributed by atoms with Gasteiger partial charge in [-0.05, 0) is 78.0 Å². The van der Waals surface area contributed by atoms with E-state index in [-0.39, 0.29) is 27.0 Å². The van der Waals surface area contributed by atoms with Crippen LogP contribution in [0.4, 0.5) is 17.1 Å². The van der Waals surface area contributed by atoms with Crippen LogP contribution in [-0.2, 0) is 14.8 Å². The average molecular weight is 616 g/mol. The number of carbonyl (C=O) groups excluding carboxylic acids is 1. The summed E-state index contributed by atoms with van der Waals surface area (Å²) >= 11 is 8.24. The van der Waals surface area contributed by atoms with Gasteiger partial charge >= 0.3 is 0 Å². The molecule has 0 saturated carbocycles. The summed E-state index contributed by atoms with van der Waals surface area (Å²) in [6.45, 7) is 0.869. The molecule has 0 radical (unpaired) electrons. The third-order valence-corrected chi connectivity index (χ3v) is 7.50. The van der Waals surface area contributed by atoms with Gasteiger partial charge < -0.3 is 10.1 Å². The van der Waals surface area contributed by atoms with Crippen LogP contribution >= 0.6 is 34.2 Å². The number of nitrogens with zero attached hydrogens (tertiary/aromatic N) is 2. The van der Waals surface area contributed by atoms with Gasteiger partial charge in [0, 0.05) is 25.9 Å². The maximum atomic E-state index is 13.7. The highest BCUT2D eigenvalue weighted by molar-refractivity contribution is 14.1. The fraction of sp³-hybridized carbons (Fsp3) is 0.136. The van der Waals surface area contributed by atoms with Crippen LogP contribution in [0.2, 0.25) is 5.02 Å². The molecule has 12 heteroatoms. The second kappa shape index (κ2) is 10.6. The lowest BCUT2D eigenvalue weighted by molar-refractivity contribution is -0.385. The Morgan fingerprint density at radius 3 is 2.44 bits per heavy atom. The number of rotatable bonds is 8. The van der Waals surface area contributed by atoms with Crippen molar-refractivity contribution >= 4 is 67.2 Å². The first-order chi connectivity index (χ1) is 16.0. The number of halogens is 2. The summed E-state index contributed by atoms with van der Waals surface area (Å²) in [4.78, 5) is 23.2. The molecule has 0 aliphatic carbocycles. The molecule has 1 amide bonds. The molecule has 0 heterocycles. The molecule has 0 fully saturated rings. The van der Waals surface area contributed by atoms with E-state index in [4.69, 9.17) is 16.3 Å². The topological polar surface area (TPSA) is 119 Å². The smallest absolute Gasteiger partial charge is 0.273 e. The van der Waals surface area contributed by atoms with Gasteiger partial charge in [-0.1, -0.05) is 17.7 Å². The molecule has 178 valence electrons. The van der Waals surface area contributed by atoms with E-state index in [1.165, 1.54) is 44.4 Å². The predicted molar refractivity (Wildman–Crippen MR) is 138 cm³/mol. The van der Waals surface area contributed by atoms with Gasteiger partial charge in [-0.3, -0.25) is 19.2 Å². The number of benzene rings is 3. The summed E-state index contributed by atoms with van der Waals surface area (Å²) in [5.41, 5.74) is 0.428. The molecule has 0 spiro atoms. The number of hydrogen-bond donors (Lipinski definition) is 1. The van der Waals surface area contributed by atoms with E-state index in [2.05, 4.69) is 27.9 Å². The third-order valence-electron chi connectivity index (χ3n) is 4.79. The molecule has 9 nitrogen and oxygen atoms in total. The lowest BCUT2D eigenvalue weighted by Gasteiger charge is -2.26. The number of amides is 1. The number of sulfonamides is 1. The summed E-state index contributed by atoms with van der Waals surface area (Å²) in [5.74, 6) is -0.481. The van der Waals surface area contributed by atoms with Crippen LogP contribution in [-0.4, -0.2) is 32.9 Å². The van der Waals surface area contributed by atoms with Crippen LogP contribution < -0.4 is 14.4 Å². The molecule has 0 aliphatic heterocycles. The van der Waals surface area contributed by atoms with Crippen molar-refractivity contribution in [1.82, 2.24) is 0 Å². The minimum Gasteiger partial charge on any atom is -0.495 e. The Hall–Kier alpha value is -2.90. The fourth-order valence-corrected chi connectivity index (χ4v) is 5.07. The number of aryl methyl sites for hydroxylation is 1. The molecule has 0 aromatic heterocycles. The van der Waals surface area contributed by atoms with Crippen LogP contribution in [0.25, 0.3) is 0 Å². The highest BCUT2D eigenvalue weighted by Crippen LogP contribution is 2.35. The SMILES string of the molecule is COc1ccc(Cl)cc1N(CC(=O)Nc1ccc(I)cc1)S(=O)(=O)c1ccc(C)c([N+](=O)[O-])c1. The number of ether oxygens (including phenoxy) is 1. The molecule has 3 rings (SSSR count). The lowest BCUT2D eigenvalue weighted by Crippen LogP contribution is -2.38. The Bertz CT molecular complexity index is 1350. The number of nitro groups is 1.